The number of allylic oxidation sites excluding steroid dienone is 5. The molecule has 1 aromatic rings. The van der Waals surface area contributed by atoms with Crippen LogP contribution in [0.1, 0.15) is 76.9 Å². The molecule has 0 unspecified atom stereocenters. The number of rotatable bonds is 2. The average Bonchev–Trinajstić information content (AvgIpc) is 3.13. The molecule has 306 valence electrons. The minimum Gasteiger partial charge on any atom is -0.505 e. The van der Waals surface area contributed by atoms with Crippen LogP contribution in [0.15, 0.2) is 52.5 Å². The number of anilines is 1. The van der Waals surface area contributed by atoms with Crippen LogP contribution >= 0.6 is 0 Å². The summed E-state index contributed by atoms with van der Waals surface area (Å²) in [5, 5.41) is 82.9. The average molecular weight is 786 g/mol. The Kier molecular flexibility index (Phi) is 12.8. The number of carbonyl (C=O) groups excluding carboxylic acids is 4. The highest BCUT2D eigenvalue weighted by molar-refractivity contribution is 6.21. The predicted octanol–water partition coefficient (Wildman–Crippen LogP) is 2.22. The summed E-state index contributed by atoms with van der Waals surface area (Å²) in [4.78, 5) is 53.1. The molecule has 3 aliphatic heterocycles. The van der Waals surface area contributed by atoms with Crippen LogP contribution in [0.4, 0.5) is 5.69 Å². The van der Waals surface area contributed by atoms with Crippen LogP contribution in [0.25, 0.3) is 5.57 Å². The first-order chi connectivity index (χ1) is 25.9. The molecular formula is C40H51NO15. The van der Waals surface area contributed by atoms with Crippen molar-refractivity contribution in [1.82, 2.24) is 0 Å². The molecule has 16 heteroatoms. The van der Waals surface area contributed by atoms with Gasteiger partial charge in [-0.15, -0.1) is 0 Å². The first-order valence-electron chi connectivity index (χ1n) is 17.9. The number of fused-ring (bicyclic) bond motifs is 14. The summed E-state index contributed by atoms with van der Waals surface area (Å²) in [5.74, 6) is -8.84. The van der Waals surface area contributed by atoms with Gasteiger partial charge in [-0.1, -0.05) is 32.1 Å². The first-order valence-corrected chi connectivity index (χ1v) is 17.9. The molecule has 0 saturated heterocycles. The maximum Gasteiger partial charge on any atom is 0.313 e. The molecule has 4 bridgehead atoms. The van der Waals surface area contributed by atoms with Gasteiger partial charge in [-0.2, -0.15) is 0 Å². The molecule has 9 atom stereocenters. The molecule has 0 spiro atoms. The summed E-state index contributed by atoms with van der Waals surface area (Å²) in [5.41, 5.74) is -4.84. The van der Waals surface area contributed by atoms with E-state index in [1.807, 2.05) is 0 Å². The minimum atomic E-state index is -2.22. The number of Topliss-reactive ketones (excluding diaryl/α,β-unsaturated/α-hetero) is 1. The van der Waals surface area contributed by atoms with Crippen molar-refractivity contribution in [3.8, 4) is 11.5 Å². The number of phenolic OH excluding ortho intramolecular Hbond substituents is 1. The molecule has 0 radical (unpaired) electrons. The van der Waals surface area contributed by atoms with E-state index in [1.54, 1.807) is 0 Å². The smallest absolute Gasteiger partial charge is 0.313 e. The fourth-order valence-corrected chi connectivity index (χ4v) is 7.31. The molecule has 1 aliphatic carbocycles. The van der Waals surface area contributed by atoms with Gasteiger partial charge in [0.15, 0.2) is 11.5 Å². The maximum absolute atomic E-state index is 14.0. The number of phenols is 1. The number of methoxy groups -OCH3 is 1. The van der Waals surface area contributed by atoms with Crippen molar-refractivity contribution in [1.29, 1.82) is 0 Å². The number of hydrogen-bond acceptors (Lipinski definition) is 15. The molecule has 16 nitrogen and oxygen atoms in total. The Labute approximate surface area is 324 Å². The number of esters is 2. The Morgan fingerprint density at radius 3 is 1.98 bits per heavy atom. The number of ketones is 1. The summed E-state index contributed by atoms with van der Waals surface area (Å²) >= 11 is 0. The number of aromatic hydroxyl groups is 1. The number of hydrogen-bond donors (Lipinski definition) is 8. The van der Waals surface area contributed by atoms with Gasteiger partial charge >= 0.3 is 11.9 Å². The zero-order chi connectivity index (χ0) is 42.4. The fourth-order valence-electron chi connectivity index (χ4n) is 7.31. The van der Waals surface area contributed by atoms with Crippen molar-refractivity contribution in [2.75, 3.05) is 19.2 Å². The summed E-state index contributed by atoms with van der Waals surface area (Å²) < 4.78 is 22.2. The molecule has 0 fully saturated rings. The summed E-state index contributed by atoms with van der Waals surface area (Å²) in [6.07, 6.45) is -2.56. The van der Waals surface area contributed by atoms with Crippen molar-refractivity contribution in [3.05, 3.63) is 69.2 Å². The van der Waals surface area contributed by atoms with Gasteiger partial charge in [0.05, 0.1) is 48.3 Å². The Morgan fingerprint density at radius 2 is 1.43 bits per heavy atom. The summed E-state index contributed by atoms with van der Waals surface area (Å²) in [6, 6.07) is 0. The van der Waals surface area contributed by atoms with E-state index in [9.17, 15) is 54.9 Å². The van der Waals surface area contributed by atoms with Gasteiger partial charge in [-0.05, 0) is 53.2 Å². The maximum atomic E-state index is 14.0. The Bertz CT molecular complexity index is 1970. The van der Waals surface area contributed by atoms with Crippen LogP contribution in [0, 0.1) is 24.7 Å². The second-order valence-corrected chi connectivity index (χ2v) is 15.0. The molecule has 4 aliphatic rings. The van der Waals surface area contributed by atoms with E-state index in [1.165, 1.54) is 73.6 Å². The van der Waals surface area contributed by atoms with Gasteiger partial charge in [0.25, 0.3) is 5.91 Å². The second-order valence-electron chi connectivity index (χ2n) is 15.0. The number of aliphatic hydroxyl groups excluding tert-OH is 4. The number of amides is 1. The van der Waals surface area contributed by atoms with E-state index >= 15 is 0 Å². The van der Waals surface area contributed by atoms with Crippen LogP contribution in [-0.2, 0) is 28.6 Å². The molecule has 56 heavy (non-hydrogen) atoms. The highest BCUT2D eigenvalue weighted by Gasteiger charge is 2.48. The molecule has 1 aromatic carbocycles. The quantitative estimate of drug-likeness (QED) is 0.122. The van der Waals surface area contributed by atoms with Crippen LogP contribution in [-0.4, -0.2) is 109 Å². The number of ether oxygens (including phenoxy) is 4. The van der Waals surface area contributed by atoms with Crippen molar-refractivity contribution in [3.63, 3.8) is 0 Å². The molecule has 0 saturated carbocycles. The monoisotopic (exact) mass is 785 g/mol. The van der Waals surface area contributed by atoms with E-state index in [-0.39, 0.29) is 61.9 Å². The highest BCUT2D eigenvalue weighted by atomic mass is 16.7. The van der Waals surface area contributed by atoms with E-state index in [0.717, 1.165) is 20.1 Å². The topological polar surface area (TPSA) is 259 Å². The number of nitrogens with one attached hydrogen (secondary N) is 1. The van der Waals surface area contributed by atoms with Gasteiger partial charge in [-0.25, -0.2) is 0 Å². The molecule has 5 rings (SSSR count). The summed E-state index contributed by atoms with van der Waals surface area (Å²) in [7, 11) is 1.01. The zero-order valence-corrected chi connectivity index (χ0v) is 33.0. The number of benzene rings is 1. The van der Waals surface area contributed by atoms with Gasteiger partial charge in [0.1, 0.15) is 34.4 Å². The van der Waals surface area contributed by atoms with Gasteiger partial charge in [0.2, 0.25) is 6.79 Å². The zero-order valence-electron chi connectivity index (χ0n) is 33.0. The van der Waals surface area contributed by atoms with E-state index in [0.29, 0.717) is 0 Å². The lowest BCUT2D eigenvalue weighted by molar-refractivity contribution is -0.171. The number of carbonyl (C=O) groups is 4. The first kappa shape index (κ1) is 43.9. The fraction of sp³-hybridized carbons (Fsp3) is 0.500. The molecule has 3 heterocycles. The third-order valence-corrected chi connectivity index (χ3v) is 10.7. The van der Waals surface area contributed by atoms with Crippen molar-refractivity contribution in [2.45, 2.75) is 97.9 Å². The van der Waals surface area contributed by atoms with E-state index in [4.69, 9.17) is 18.9 Å². The third kappa shape index (κ3) is 8.03. The van der Waals surface area contributed by atoms with E-state index in [2.05, 4.69) is 5.32 Å². The van der Waals surface area contributed by atoms with Crippen LogP contribution in [0.2, 0.25) is 0 Å². The van der Waals surface area contributed by atoms with Gasteiger partial charge in [-0.3, -0.25) is 19.2 Å². The predicted molar refractivity (Wildman–Crippen MR) is 200 cm³/mol. The molecule has 1 amide bonds. The minimum absolute atomic E-state index is 0.00246. The van der Waals surface area contributed by atoms with Crippen LogP contribution < -0.4 is 10.1 Å². The SMILES string of the molecule is COC(=O)[C@@H]1[C@H](O)[C@H](C)[C@@H](O)[C@@](C)(O)/C=C\C=C(/C)C(=O)Nc2c(C)c(OC(C)=O)c3c(c2O)C(=O)C(C)=C2OCOC(=C23)/C(C)=C/[C@@](C)(O)[C@H](O)[C@@H](C)[C@H]1O. The van der Waals surface area contributed by atoms with Crippen LogP contribution in [0.5, 0.6) is 11.5 Å². The lowest BCUT2D eigenvalue weighted by Crippen LogP contribution is -2.54. The van der Waals surface area contributed by atoms with Gasteiger partial charge < -0.3 is 60.0 Å². The van der Waals surface area contributed by atoms with Crippen molar-refractivity contribution < 1.29 is 73.9 Å². The molecule has 8 N–H and O–H groups in total. The lowest BCUT2D eigenvalue weighted by Gasteiger charge is -2.40. The Hall–Kier alpha value is -4.84. The number of aliphatic hydroxyl groups is 6. The Balaban J connectivity index is 2.08. The van der Waals surface area contributed by atoms with Crippen molar-refractivity contribution in [2.24, 2.45) is 17.8 Å². The van der Waals surface area contributed by atoms with E-state index < -0.39 is 89.5 Å². The summed E-state index contributed by atoms with van der Waals surface area (Å²) in [6.45, 7) is 11.5. The highest BCUT2D eigenvalue weighted by Crippen LogP contribution is 2.53. The van der Waals surface area contributed by atoms with Gasteiger partial charge in [0, 0.05) is 41.0 Å². The van der Waals surface area contributed by atoms with Crippen LogP contribution in [0.3, 0.4) is 0 Å². The van der Waals surface area contributed by atoms with Crippen molar-refractivity contribution >= 4 is 34.9 Å². The second kappa shape index (κ2) is 16.3. The standard InChI is InChI=1S/C40H51NO15/c1-16-12-11-13-39(8,51)35(47)20(5)29(44)26(38(50)53-10)30(45)21(6)36(48)40(9,52)14-17(2)32-25-23-24(28(43)19(4)33(25)55-15-54-32)31(46)27(41-37(16)49)18(3)34(23)56-22(7)42/h11-14,20-21,26,29-30,35-36,44-48,51-52H,15H2,1-10H3,(H,41,49)/b13-11-,16-12+,17-14+/t20-,21-,26+,29+,30+,35+,36+,39-,40+/m0/s1. The largest absolute Gasteiger partial charge is 0.505 e. The third-order valence-electron chi connectivity index (χ3n) is 10.7. The Morgan fingerprint density at radius 1 is 0.875 bits per heavy atom. The lowest BCUT2D eigenvalue weighted by atomic mass is 9.74. The normalized spacial score (nSPS) is 34.2. The molecular weight excluding hydrogens is 734 g/mol. The molecule has 0 aromatic heterocycles.